The Balaban J connectivity index is 1.37. The zero-order valence-corrected chi connectivity index (χ0v) is 15.7. The number of hydrogen-bond donors (Lipinski definition) is 0. The third kappa shape index (κ3) is 2.79. The topological polar surface area (TPSA) is 72.9 Å². The molecule has 6 nitrogen and oxygen atoms in total. The van der Waals surface area contributed by atoms with Gasteiger partial charge in [-0.3, -0.25) is 9.59 Å². The van der Waals surface area contributed by atoms with Gasteiger partial charge in [0.15, 0.2) is 0 Å². The fraction of sp³-hybridized carbons (Fsp3) is 0.261. The van der Waals surface area contributed by atoms with E-state index in [1.54, 1.807) is 25.1 Å². The Morgan fingerprint density at radius 2 is 1.62 bits per heavy atom. The summed E-state index contributed by atoms with van der Waals surface area (Å²) in [5.41, 5.74) is 1.56. The minimum absolute atomic E-state index is 0.278. The van der Waals surface area contributed by atoms with Crippen molar-refractivity contribution in [1.29, 1.82) is 0 Å². The molecule has 2 aromatic carbocycles. The highest BCUT2D eigenvalue weighted by molar-refractivity contribution is 6.23. The molecule has 146 valence electrons. The molecule has 2 aromatic rings. The molecular formula is C23H19NO5. The third-order valence-electron chi connectivity index (χ3n) is 5.80. The SMILES string of the molecule is CC(OC(=O)c1cccc(N2C(=O)[C@@H]3[C@H](C2=O)[C@H]2C=C[C@@H]3O2)c1)c1ccccc1. The normalized spacial score (nSPS) is 28.0. The number of imide groups is 1. The number of rotatable bonds is 4. The van der Waals surface area contributed by atoms with Gasteiger partial charge in [0.05, 0.1) is 35.3 Å². The highest BCUT2D eigenvalue weighted by atomic mass is 16.5. The molecule has 2 bridgehead atoms. The molecule has 29 heavy (non-hydrogen) atoms. The predicted molar refractivity (Wildman–Crippen MR) is 104 cm³/mol. The van der Waals surface area contributed by atoms with Gasteiger partial charge in [-0.1, -0.05) is 48.6 Å². The van der Waals surface area contributed by atoms with Crippen LogP contribution in [0.3, 0.4) is 0 Å². The van der Waals surface area contributed by atoms with E-state index in [-0.39, 0.29) is 24.0 Å². The first-order valence-electron chi connectivity index (χ1n) is 9.62. The average Bonchev–Trinajstić information content (AvgIpc) is 3.42. The Kier molecular flexibility index (Phi) is 4.10. The summed E-state index contributed by atoms with van der Waals surface area (Å²) in [5, 5.41) is 0. The van der Waals surface area contributed by atoms with Gasteiger partial charge >= 0.3 is 5.97 Å². The fourth-order valence-electron chi connectivity index (χ4n) is 4.35. The van der Waals surface area contributed by atoms with Crippen LogP contribution in [0.15, 0.2) is 66.7 Å². The summed E-state index contributed by atoms with van der Waals surface area (Å²) in [6, 6.07) is 15.9. The van der Waals surface area contributed by atoms with Gasteiger partial charge in [-0.2, -0.15) is 0 Å². The lowest BCUT2D eigenvalue weighted by Gasteiger charge is -2.19. The lowest BCUT2D eigenvalue weighted by molar-refractivity contribution is -0.124. The molecule has 2 saturated heterocycles. The van der Waals surface area contributed by atoms with E-state index >= 15 is 0 Å². The van der Waals surface area contributed by atoms with Crippen LogP contribution in [0.2, 0.25) is 0 Å². The Labute approximate surface area is 167 Å². The second-order valence-corrected chi connectivity index (χ2v) is 7.52. The van der Waals surface area contributed by atoms with E-state index in [1.807, 2.05) is 42.5 Å². The molecular weight excluding hydrogens is 370 g/mol. The van der Waals surface area contributed by atoms with Gasteiger partial charge in [-0.25, -0.2) is 9.69 Å². The van der Waals surface area contributed by atoms with Crippen LogP contribution >= 0.6 is 0 Å². The van der Waals surface area contributed by atoms with Crippen LogP contribution in [0.1, 0.15) is 28.9 Å². The molecule has 0 radical (unpaired) electrons. The van der Waals surface area contributed by atoms with Crippen molar-refractivity contribution in [3.63, 3.8) is 0 Å². The van der Waals surface area contributed by atoms with E-state index in [0.29, 0.717) is 11.3 Å². The average molecular weight is 389 g/mol. The standard InChI is InChI=1S/C23H19NO5/c1-13(14-6-3-2-4-7-14)28-23(27)15-8-5-9-16(12-15)24-21(25)19-17-10-11-18(29-17)20(19)22(24)26/h2-13,17-20H,1H3/t13?,17-,18+,19-,20+. The second kappa shape index (κ2) is 6.67. The Hall–Kier alpha value is -3.25. The third-order valence-corrected chi connectivity index (χ3v) is 5.80. The summed E-state index contributed by atoms with van der Waals surface area (Å²) < 4.78 is 11.2. The zero-order valence-electron chi connectivity index (χ0n) is 15.7. The summed E-state index contributed by atoms with van der Waals surface area (Å²) >= 11 is 0. The number of fused-ring (bicyclic) bond motifs is 5. The molecule has 0 N–H and O–H groups in total. The Bertz CT molecular complexity index is 1000. The van der Waals surface area contributed by atoms with Crippen molar-refractivity contribution < 1.29 is 23.9 Å². The van der Waals surface area contributed by atoms with Gasteiger partial charge in [0.25, 0.3) is 0 Å². The fourth-order valence-corrected chi connectivity index (χ4v) is 4.35. The van der Waals surface area contributed by atoms with Gasteiger partial charge in [0, 0.05) is 0 Å². The van der Waals surface area contributed by atoms with Crippen molar-refractivity contribution in [1.82, 2.24) is 0 Å². The molecule has 0 saturated carbocycles. The molecule has 3 aliphatic rings. The lowest BCUT2D eigenvalue weighted by Crippen LogP contribution is -2.34. The first-order valence-corrected chi connectivity index (χ1v) is 9.62. The van der Waals surface area contributed by atoms with Crippen LogP contribution in [0.4, 0.5) is 5.69 Å². The van der Waals surface area contributed by atoms with E-state index in [9.17, 15) is 14.4 Å². The molecule has 0 aliphatic carbocycles. The minimum atomic E-state index is -0.507. The summed E-state index contributed by atoms with van der Waals surface area (Å²) in [7, 11) is 0. The number of ether oxygens (including phenoxy) is 2. The molecule has 2 amide bonds. The van der Waals surface area contributed by atoms with Crippen LogP contribution in [-0.4, -0.2) is 30.0 Å². The number of carbonyl (C=O) groups excluding carboxylic acids is 3. The number of esters is 1. The molecule has 3 heterocycles. The van der Waals surface area contributed by atoms with Gasteiger partial charge < -0.3 is 9.47 Å². The van der Waals surface area contributed by atoms with Gasteiger partial charge in [0.2, 0.25) is 11.8 Å². The van der Waals surface area contributed by atoms with Crippen LogP contribution in [0.25, 0.3) is 0 Å². The van der Waals surface area contributed by atoms with Gasteiger partial charge in [0.1, 0.15) is 6.10 Å². The van der Waals surface area contributed by atoms with Crippen molar-refractivity contribution in [2.24, 2.45) is 11.8 Å². The van der Waals surface area contributed by atoms with Crippen molar-refractivity contribution >= 4 is 23.5 Å². The lowest BCUT2D eigenvalue weighted by atomic mass is 9.85. The van der Waals surface area contributed by atoms with E-state index < -0.39 is 23.9 Å². The van der Waals surface area contributed by atoms with E-state index in [1.165, 1.54) is 11.0 Å². The first kappa shape index (κ1) is 17.8. The van der Waals surface area contributed by atoms with E-state index in [0.717, 1.165) is 5.56 Å². The van der Waals surface area contributed by atoms with Crippen LogP contribution < -0.4 is 4.90 Å². The largest absolute Gasteiger partial charge is 0.454 e. The maximum atomic E-state index is 12.9. The monoisotopic (exact) mass is 389 g/mol. The van der Waals surface area contributed by atoms with E-state index in [4.69, 9.17) is 9.47 Å². The highest BCUT2D eigenvalue weighted by Crippen LogP contribution is 2.46. The van der Waals surface area contributed by atoms with Crippen molar-refractivity contribution in [3.8, 4) is 0 Å². The summed E-state index contributed by atoms with van der Waals surface area (Å²) in [5.74, 6) is -2.02. The maximum Gasteiger partial charge on any atom is 0.338 e. The van der Waals surface area contributed by atoms with Crippen molar-refractivity contribution in [3.05, 3.63) is 77.9 Å². The number of amides is 2. The number of carbonyl (C=O) groups is 3. The predicted octanol–water partition coefficient (Wildman–Crippen LogP) is 3.05. The maximum absolute atomic E-state index is 12.9. The number of benzene rings is 2. The van der Waals surface area contributed by atoms with Crippen LogP contribution in [0, 0.1) is 11.8 Å². The molecule has 0 aromatic heterocycles. The molecule has 2 fully saturated rings. The molecule has 3 aliphatic heterocycles. The van der Waals surface area contributed by atoms with E-state index in [2.05, 4.69) is 0 Å². The number of anilines is 1. The number of hydrogen-bond acceptors (Lipinski definition) is 5. The first-order chi connectivity index (χ1) is 14.0. The Morgan fingerprint density at radius 1 is 0.966 bits per heavy atom. The smallest absolute Gasteiger partial charge is 0.338 e. The number of nitrogens with zero attached hydrogens (tertiary/aromatic N) is 1. The molecule has 1 unspecified atom stereocenters. The molecule has 5 atom stereocenters. The van der Waals surface area contributed by atoms with Crippen molar-refractivity contribution in [2.45, 2.75) is 25.2 Å². The molecule has 0 spiro atoms. The summed E-state index contributed by atoms with van der Waals surface area (Å²) in [4.78, 5) is 39.6. The highest BCUT2D eigenvalue weighted by Gasteiger charge is 2.61. The van der Waals surface area contributed by atoms with Gasteiger partial charge in [-0.05, 0) is 30.7 Å². The van der Waals surface area contributed by atoms with Gasteiger partial charge in [-0.15, -0.1) is 0 Å². The second-order valence-electron chi connectivity index (χ2n) is 7.52. The summed E-state index contributed by atoms with van der Waals surface area (Å²) in [6.07, 6.45) is 2.59. The zero-order chi connectivity index (χ0) is 20.1. The quantitative estimate of drug-likeness (QED) is 0.457. The van der Waals surface area contributed by atoms with Crippen LogP contribution in [0.5, 0.6) is 0 Å². The Morgan fingerprint density at radius 3 is 2.28 bits per heavy atom. The molecule has 6 heteroatoms. The molecule has 5 rings (SSSR count). The van der Waals surface area contributed by atoms with Crippen molar-refractivity contribution in [2.75, 3.05) is 4.90 Å². The summed E-state index contributed by atoms with van der Waals surface area (Å²) in [6.45, 7) is 1.80. The minimum Gasteiger partial charge on any atom is -0.454 e. The van der Waals surface area contributed by atoms with Crippen LogP contribution in [-0.2, 0) is 19.1 Å².